The lowest BCUT2D eigenvalue weighted by molar-refractivity contribution is 0.0690. The second kappa shape index (κ2) is 5.81. The molecule has 0 spiro atoms. The summed E-state index contributed by atoms with van der Waals surface area (Å²) in [5.74, 6) is 0.441. The van der Waals surface area contributed by atoms with Crippen molar-refractivity contribution in [1.29, 1.82) is 0 Å². The second-order valence-electron chi connectivity index (χ2n) is 4.66. The molecular weight excluding hydrogens is 337 g/mol. The molecule has 18 heavy (non-hydrogen) atoms. The van der Waals surface area contributed by atoms with E-state index in [2.05, 4.69) is 22.9 Å². The van der Waals surface area contributed by atoms with Crippen molar-refractivity contribution in [2.45, 2.75) is 18.2 Å². The fourth-order valence-corrected chi connectivity index (χ4v) is 3.00. The molecule has 0 aliphatic carbocycles. The first-order chi connectivity index (χ1) is 8.49. The Labute approximate surface area is 125 Å². The summed E-state index contributed by atoms with van der Waals surface area (Å²) in [6, 6.07) is 5.00. The van der Waals surface area contributed by atoms with E-state index in [9.17, 15) is 4.79 Å². The molecule has 1 heterocycles. The third kappa shape index (κ3) is 3.01. The van der Waals surface area contributed by atoms with E-state index in [1.165, 1.54) is 0 Å². The molecule has 1 aliphatic heterocycles. The molecular formula is C13H14BrCl2NO. The molecule has 2 atom stereocenters. The van der Waals surface area contributed by atoms with Crippen LogP contribution in [-0.4, -0.2) is 28.7 Å². The summed E-state index contributed by atoms with van der Waals surface area (Å²) in [4.78, 5) is 14.7. The minimum atomic E-state index is -0.0112. The van der Waals surface area contributed by atoms with Crippen LogP contribution in [-0.2, 0) is 0 Å². The predicted molar refractivity (Wildman–Crippen MR) is 78.9 cm³/mol. The predicted octanol–water partition coefficient (Wildman–Crippen LogP) is 4.24. The van der Waals surface area contributed by atoms with E-state index in [4.69, 9.17) is 23.2 Å². The number of alkyl halides is 1. The lowest BCUT2D eigenvalue weighted by Crippen LogP contribution is -2.43. The van der Waals surface area contributed by atoms with Crippen LogP contribution in [0.25, 0.3) is 0 Å². The van der Waals surface area contributed by atoms with Crippen LogP contribution in [0.4, 0.5) is 0 Å². The van der Waals surface area contributed by atoms with Crippen molar-refractivity contribution in [2.24, 2.45) is 5.92 Å². The highest BCUT2D eigenvalue weighted by Crippen LogP contribution is 2.27. The van der Waals surface area contributed by atoms with Crippen molar-refractivity contribution in [3.63, 3.8) is 0 Å². The first-order valence-electron chi connectivity index (χ1n) is 5.87. The SMILES string of the molecule is CC1CN(C(=O)c2ccc(Cl)cc2Cl)CCC1Br. The number of hydrogen-bond donors (Lipinski definition) is 0. The molecule has 1 aliphatic rings. The Morgan fingerprint density at radius 2 is 2.17 bits per heavy atom. The van der Waals surface area contributed by atoms with Crippen LogP contribution >= 0.6 is 39.1 Å². The molecule has 1 aromatic rings. The van der Waals surface area contributed by atoms with E-state index in [0.29, 0.717) is 26.4 Å². The van der Waals surface area contributed by atoms with Gasteiger partial charge in [0.1, 0.15) is 0 Å². The Balaban J connectivity index is 2.16. The molecule has 1 amide bonds. The Hall–Kier alpha value is -0.250. The highest BCUT2D eigenvalue weighted by Gasteiger charge is 2.28. The lowest BCUT2D eigenvalue weighted by Gasteiger charge is -2.34. The second-order valence-corrected chi connectivity index (χ2v) is 6.68. The van der Waals surface area contributed by atoms with Gasteiger partial charge >= 0.3 is 0 Å². The zero-order chi connectivity index (χ0) is 13.3. The number of rotatable bonds is 1. The number of benzene rings is 1. The number of nitrogens with zero attached hydrogens (tertiary/aromatic N) is 1. The normalized spacial score (nSPS) is 24.1. The van der Waals surface area contributed by atoms with E-state index in [0.717, 1.165) is 19.5 Å². The van der Waals surface area contributed by atoms with Gasteiger partial charge in [-0.05, 0) is 30.5 Å². The highest BCUT2D eigenvalue weighted by molar-refractivity contribution is 9.09. The number of likely N-dealkylation sites (tertiary alicyclic amines) is 1. The molecule has 2 rings (SSSR count). The molecule has 98 valence electrons. The van der Waals surface area contributed by atoms with Gasteiger partial charge in [-0.15, -0.1) is 0 Å². The van der Waals surface area contributed by atoms with Gasteiger partial charge in [-0.1, -0.05) is 46.1 Å². The molecule has 2 unspecified atom stereocenters. The summed E-state index contributed by atoms with van der Waals surface area (Å²) in [7, 11) is 0. The average molecular weight is 351 g/mol. The maximum atomic E-state index is 12.4. The minimum Gasteiger partial charge on any atom is -0.338 e. The molecule has 0 N–H and O–H groups in total. The highest BCUT2D eigenvalue weighted by atomic mass is 79.9. The van der Waals surface area contributed by atoms with Gasteiger partial charge in [-0.2, -0.15) is 0 Å². The number of carbonyl (C=O) groups excluding carboxylic acids is 1. The van der Waals surface area contributed by atoms with E-state index in [1.54, 1.807) is 18.2 Å². The topological polar surface area (TPSA) is 20.3 Å². The van der Waals surface area contributed by atoms with Gasteiger partial charge in [-0.25, -0.2) is 0 Å². The number of piperidine rings is 1. The van der Waals surface area contributed by atoms with Crippen molar-refractivity contribution < 1.29 is 4.79 Å². The van der Waals surface area contributed by atoms with Crippen molar-refractivity contribution in [1.82, 2.24) is 4.90 Å². The Morgan fingerprint density at radius 1 is 1.44 bits per heavy atom. The first kappa shape index (κ1) is 14.2. The largest absolute Gasteiger partial charge is 0.338 e. The standard InChI is InChI=1S/C13H14BrCl2NO/c1-8-7-17(5-4-11(8)14)13(18)10-3-2-9(15)6-12(10)16/h2-3,6,8,11H,4-5,7H2,1H3. The maximum Gasteiger partial charge on any atom is 0.255 e. The average Bonchev–Trinajstić information content (AvgIpc) is 2.32. The number of halogens is 3. The van der Waals surface area contributed by atoms with Crippen LogP contribution in [0.15, 0.2) is 18.2 Å². The summed E-state index contributed by atoms with van der Waals surface area (Å²) < 4.78 is 0. The van der Waals surface area contributed by atoms with Crippen LogP contribution in [0, 0.1) is 5.92 Å². The van der Waals surface area contributed by atoms with Gasteiger partial charge in [0.25, 0.3) is 5.91 Å². The van der Waals surface area contributed by atoms with E-state index >= 15 is 0 Å². The van der Waals surface area contributed by atoms with Crippen LogP contribution in [0.5, 0.6) is 0 Å². The fourth-order valence-electron chi connectivity index (χ4n) is 2.13. The molecule has 0 saturated carbocycles. The van der Waals surface area contributed by atoms with Gasteiger partial charge in [-0.3, -0.25) is 4.79 Å². The number of carbonyl (C=O) groups is 1. The zero-order valence-electron chi connectivity index (χ0n) is 10.00. The molecule has 0 aromatic heterocycles. The fraction of sp³-hybridized carbons (Fsp3) is 0.462. The van der Waals surface area contributed by atoms with Crippen LogP contribution in [0.1, 0.15) is 23.7 Å². The monoisotopic (exact) mass is 349 g/mol. The van der Waals surface area contributed by atoms with Gasteiger partial charge in [0.15, 0.2) is 0 Å². The maximum absolute atomic E-state index is 12.4. The molecule has 0 radical (unpaired) electrons. The summed E-state index contributed by atoms with van der Waals surface area (Å²) in [6.45, 7) is 3.66. The summed E-state index contributed by atoms with van der Waals surface area (Å²) in [6.07, 6.45) is 0.970. The third-order valence-corrected chi connectivity index (χ3v) is 5.16. The molecule has 5 heteroatoms. The van der Waals surface area contributed by atoms with E-state index < -0.39 is 0 Å². The Kier molecular flexibility index (Phi) is 4.57. The van der Waals surface area contributed by atoms with Crippen molar-refractivity contribution in [3.8, 4) is 0 Å². The minimum absolute atomic E-state index is 0.0112. The van der Waals surface area contributed by atoms with Gasteiger partial charge < -0.3 is 4.90 Å². The van der Waals surface area contributed by atoms with E-state index in [-0.39, 0.29) is 5.91 Å². The molecule has 1 saturated heterocycles. The zero-order valence-corrected chi connectivity index (χ0v) is 13.1. The van der Waals surface area contributed by atoms with Crippen LogP contribution in [0.3, 0.4) is 0 Å². The van der Waals surface area contributed by atoms with Crippen molar-refractivity contribution in [2.75, 3.05) is 13.1 Å². The first-order valence-corrected chi connectivity index (χ1v) is 7.54. The lowest BCUT2D eigenvalue weighted by atomic mass is 9.99. The van der Waals surface area contributed by atoms with Gasteiger partial charge in [0.05, 0.1) is 10.6 Å². The third-order valence-electron chi connectivity index (χ3n) is 3.25. The van der Waals surface area contributed by atoms with Gasteiger partial charge in [0.2, 0.25) is 0 Å². The quantitative estimate of drug-likeness (QED) is 0.694. The Bertz CT molecular complexity index is 466. The van der Waals surface area contributed by atoms with Crippen molar-refractivity contribution in [3.05, 3.63) is 33.8 Å². The Morgan fingerprint density at radius 3 is 2.78 bits per heavy atom. The smallest absolute Gasteiger partial charge is 0.255 e. The summed E-state index contributed by atoms with van der Waals surface area (Å²) in [5, 5.41) is 0.963. The number of amides is 1. The van der Waals surface area contributed by atoms with Gasteiger partial charge in [0, 0.05) is 22.9 Å². The summed E-state index contributed by atoms with van der Waals surface area (Å²) in [5.41, 5.74) is 0.529. The number of hydrogen-bond acceptors (Lipinski definition) is 1. The van der Waals surface area contributed by atoms with Crippen LogP contribution in [0.2, 0.25) is 10.0 Å². The van der Waals surface area contributed by atoms with E-state index in [1.807, 2.05) is 4.90 Å². The van der Waals surface area contributed by atoms with Crippen molar-refractivity contribution >= 4 is 45.0 Å². The summed E-state index contributed by atoms with van der Waals surface area (Å²) >= 11 is 15.5. The molecule has 1 fully saturated rings. The molecule has 2 nitrogen and oxygen atoms in total. The van der Waals surface area contributed by atoms with Crippen LogP contribution < -0.4 is 0 Å². The molecule has 0 bridgehead atoms. The molecule has 1 aromatic carbocycles.